The smallest absolute Gasteiger partial charge is 0.239 e. The Morgan fingerprint density at radius 3 is 2.37 bits per heavy atom. The zero-order valence-electron chi connectivity index (χ0n) is 16.6. The van der Waals surface area contributed by atoms with Crippen molar-refractivity contribution < 1.29 is 9.59 Å². The molecule has 2 amide bonds. The van der Waals surface area contributed by atoms with Crippen LogP contribution in [0.15, 0.2) is 24.3 Å². The maximum Gasteiger partial charge on any atom is 0.239 e. The number of nitrogens with two attached hydrogens (primary N) is 1. The molecule has 3 unspecified atom stereocenters. The molecule has 0 bridgehead atoms. The van der Waals surface area contributed by atoms with Crippen molar-refractivity contribution in [2.45, 2.75) is 52.0 Å². The fourth-order valence-electron chi connectivity index (χ4n) is 4.06. The molecule has 0 saturated carbocycles. The van der Waals surface area contributed by atoms with Crippen molar-refractivity contribution in [1.82, 2.24) is 4.90 Å². The van der Waals surface area contributed by atoms with Crippen molar-refractivity contribution in [2.24, 2.45) is 17.6 Å². The first-order chi connectivity index (χ1) is 12.4. The van der Waals surface area contributed by atoms with Gasteiger partial charge in [-0.15, -0.1) is 12.4 Å². The van der Waals surface area contributed by atoms with E-state index in [4.69, 9.17) is 5.73 Å². The van der Waals surface area contributed by atoms with Gasteiger partial charge in [0.25, 0.3) is 0 Å². The molecule has 0 radical (unpaired) electrons. The van der Waals surface area contributed by atoms with Gasteiger partial charge in [-0.3, -0.25) is 9.59 Å². The zero-order valence-corrected chi connectivity index (χ0v) is 17.4. The number of amides is 2. The average Bonchev–Trinajstić information content (AvgIpc) is 3.02. The number of carbonyl (C=O) groups is 2. The summed E-state index contributed by atoms with van der Waals surface area (Å²) in [5, 5.41) is 0. The number of likely N-dealkylation sites (tertiary alicyclic amines) is 1. The van der Waals surface area contributed by atoms with Crippen LogP contribution in [-0.4, -0.2) is 42.4 Å². The maximum atomic E-state index is 12.9. The first-order valence-corrected chi connectivity index (χ1v) is 9.84. The molecule has 2 N–H and O–H groups in total. The fraction of sp³-hybridized carbons (Fsp3) is 0.619. The summed E-state index contributed by atoms with van der Waals surface area (Å²) in [7, 11) is 0. The van der Waals surface area contributed by atoms with Crippen LogP contribution >= 0.6 is 12.4 Å². The zero-order chi connectivity index (χ0) is 18.8. The minimum Gasteiger partial charge on any atom is -0.342 e. The van der Waals surface area contributed by atoms with E-state index in [1.807, 2.05) is 24.0 Å². The Balaban J connectivity index is 0.00000261. The third-order valence-electron chi connectivity index (χ3n) is 5.89. The number of anilines is 1. The van der Waals surface area contributed by atoms with Gasteiger partial charge >= 0.3 is 0 Å². The van der Waals surface area contributed by atoms with Crippen LogP contribution in [0, 0.1) is 11.8 Å². The quantitative estimate of drug-likeness (QED) is 0.799. The molecule has 2 aliphatic heterocycles. The van der Waals surface area contributed by atoms with Crippen molar-refractivity contribution in [3.8, 4) is 0 Å². The van der Waals surface area contributed by atoms with E-state index in [9.17, 15) is 9.59 Å². The van der Waals surface area contributed by atoms with Crippen molar-refractivity contribution in [3.63, 3.8) is 0 Å². The van der Waals surface area contributed by atoms with Gasteiger partial charge in [-0.1, -0.05) is 26.0 Å². The van der Waals surface area contributed by atoms with E-state index in [-0.39, 0.29) is 30.3 Å². The minimum absolute atomic E-state index is 0. The molecule has 150 valence electrons. The normalized spacial score (nSPS) is 24.1. The first-order valence-electron chi connectivity index (χ1n) is 9.84. The lowest BCUT2D eigenvalue weighted by molar-refractivity contribution is -0.141. The van der Waals surface area contributed by atoms with Gasteiger partial charge in [0.2, 0.25) is 11.8 Å². The second-order valence-electron chi connectivity index (χ2n) is 8.12. The fourth-order valence-corrected chi connectivity index (χ4v) is 4.06. The molecule has 0 spiro atoms. The third-order valence-corrected chi connectivity index (χ3v) is 5.89. The molecule has 2 heterocycles. The Labute approximate surface area is 168 Å². The van der Waals surface area contributed by atoms with Gasteiger partial charge in [-0.2, -0.15) is 0 Å². The van der Waals surface area contributed by atoms with Gasteiger partial charge in [-0.25, -0.2) is 0 Å². The SMILES string of the molecule is CC(C)c1ccc(N2CCC(C(=O)N3CCCC(C(C)N)C3)C2=O)cc1.Cl. The van der Waals surface area contributed by atoms with Crippen molar-refractivity contribution in [3.05, 3.63) is 29.8 Å². The number of hydrogen-bond acceptors (Lipinski definition) is 3. The van der Waals surface area contributed by atoms with Crippen LogP contribution in [0.4, 0.5) is 5.69 Å². The second kappa shape index (κ2) is 9.07. The Hall–Kier alpha value is -1.59. The summed E-state index contributed by atoms with van der Waals surface area (Å²) in [6.07, 6.45) is 2.64. The summed E-state index contributed by atoms with van der Waals surface area (Å²) in [6.45, 7) is 8.35. The van der Waals surface area contributed by atoms with Crippen LogP contribution in [0.3, 0.4) is 0 Å². The van der Waals surface area contributed by atoms with Crippen LogP contribution in [0.25, 0.3) is 0 Å². The number of piperidine rings is 1. The largest absolute Gasteiger partial charge is 0.342 e. The van der Waals surface area contributed by atoms with Crippen LogP contribution < -0.4 is 10.6 Å². The van der Waals surface area contributed by atoms with Crippen LogP contribution in [-0.2, 0) is 9.59 Å². The van der Waals surface area contributed by atoms with E-state index < -0.39 is 5.92 Å². The van der Waals surface area contributed by atoms with E-state index in [1.54, 1.807) is 4.90 Å². The Bertz CT molecular complexity index is 660. The minimum atomic E-state index is -0.536. The monoisotopic (exact) mass is 393 g/mol. The highest BCUT2D eigenvalue weighted by molar-refractivity contribution is 6.09. The van der Waals surface area contributed by atoms with Gasteiger partial charge in [-0.05, 0) is 55.7 Å². The van der Waals surface area contributed by atoms with Gasteiger partial charge in [0.05, 0.1) is 0 Å². The number of nitrogens with zero attached hydrogens (tertiary/aromatic N) is 2. The maximum absolute atomic E-state index is 12.9. The van der Waals surface area contributed by atoms with Crippen LogP contribution in [0.1, 0.15) is 51.5 Å². The van der Waals surface area contributed by atoms with Gasteiger partial charge in [0.15, 0.2) is 0 Å². The molecule has 5 nitrogen and oxygen atoms in total. The summed E-state index contributed by atoms with van der Waals surface area (Å²) in [4.78, 5) is 29.4. The molecule has 0 aliphatic carbocycles. The van der Waals surface area contributed by atoms with Crippen LogP contribution in [0.2, 0.25) is 0 Å². The second-order valence-corrected chi connectivity index (χ2v) is 8.12. The van der Waals surface area contributed by atoms with E-state index >= 15 is 0 Å². The summed E-state index contributed by atoms with van der Waals surface area (Å²) in [5.74, 6) is 0.192. The molecule has 6 heteroatoms. The highest BCUT2D eigenvalue weighted by atomic mass is 35.5. The standard InChI is InChI=1S/C21H31N3O2.ClH/c1-14(2)16-6-8-18(9-7-16)24-12-10-19(21(24)26)20(25)23-11-4-5-17(13-23)15(3)22;/h6-9,14-15,17,19H,4-5,10-13,22H2,1-3H3;1H. The van der Waals surface area contributed by atoms with Crippen molar-refractivity contribution in [1.29, 1.82) is 0 Å². The summed E-state index contributed by atoms with van der Waals surface area (Å²) in [5.41, 5.74) is 8.17. The molecule has 0 aromatic heterocycles. The lowest BCUT2D eigenvalue weighted by atomic mass is 9.91. The number of carbonyl (C=O) groups excluding carboxylic acids is 2. The Kier molecular flexibility index (Phi) is 7.29. The van der Waals surface area contributed by atoms with E-state index in [0.29, 0.717) is 31.3 Å². The first kappa shape index (κ1) is 21.7. The molecule has 2 saturated heterocycles. The lowest BCUT2D eigenvalue weighted by Crippen LogP contribution is -2.48. The van der Waals surface area contributed by atoms with Gasteiger partial charge < -0.3 is 15.5 Å². The average molecular weight is 394 g/mol. The summed E-state index contributed by atoms with van der Waals surface area (Å²) < 4.78 is 0. The predicted molar refractivity (Wildman–Crippen MR) is 111 cm³/mol. The summed E-state index contributed by atoms with van der Waals surface area (Å²) in [6, 6.07) is 8.21. The topological polar surface area (TPSA) is 66.6 Å². The van der Waals surface area contributed by atoms with Crippen molar-refractivity contribution >= 4 is 29.9 Å². The van der Waals surface area contributed by atoms with E-state index in [2.05, 4.69) is 26.0 Å². The molecule has 1 aromatic rings. The summed E-state index contributed by atoms with van der Waals surface area (Å²) >= 11 is 0. The third kappa shape index (κ3) is 4.64. The van der Waals surface area contributed by atoms with Gasteiger partial charge in [0, 0.05) is 31.4 Å². The lowest BCUT2D eigenvalue weighted by Gasteiger charge is -2.35. The number of hydrogen-bond donors (Lipinski definition) is 1. The molecular weight excluding hydrogens is 362 g/mol. The molecule has 2 aliphatic rings. The molecule has 1 aromatic carbocycles. The number of benzene rings is 1. The van der Waals surface area contributed by atoms with Crippen molar-refractivity contribution in [2.75, 3.05) is 24.5 Å². The Morgan fingerprint density at radius 1 is 1.11 bits per heavy atom. The predicted octanol–water partition coefficient (Wildman–Crippen LogP) is 3.17. The number of rotatable bonds is 4. The molecule has 3 atom stereocenters. The molecular formula is C21H32ClN3O2. The highest BCUT2D eigenvalue weighted by Crippen LogP contribution is 2.29. The van der Waals surface area contributed by atoms with Gasteiger partial charge in [0.1, 0.15) is 5.92 Å². The van der Waals surface area contributed by atoms with E-state index in [1.165, 1.54) is 5.56 Å². The Morgan fingerprint density at radius 2 is 1.78 bits per heavy atom. The number of halogens is 1. The highest BCUT2D eigenvalue weighted by Gasteiger charge is 2.40. The molecule has 3 rings (SSSR count). The van der Waals surface area contributed by atoms with Crippen LogP contribution in [0.5, 0.6) is 0 Å². The van der Waals surface area contributed by atoms with E-state index in [0.717, 1.165) is 25.1 Å². The molecule has 27 heavy (non-hydrogen) atoms. The molecule has 2 fully saturated rings.